The van der Waals surface area contributed by atoms with Crippen molar-refractivity contribution in [3.63, 3.8) is 0 Å². The molecule has 0 spiro atoms. The maximum atomic E-state index is 5.26. The molecule has 72 valence electrons. The summed E-state index contributed by atoms with van der Waals surface area (Å²) in [5, 5.41) is 3.20. The lowest BCUT2D eigenvalue weighted by Gasteiger charge is -2.03. The lowest BCUT2D eigenvalue weighted by Crippen LogP contribution is -2.16. The Bertz CT molecular complexity index is 96.5. The number of ether oxygens (including phenoxy) is 2. The highest BCUT2D eigenvalue weighted by molar-refractivity contribution is 4.68. The number of hydrogen-bond acceptors (Lipinski definition) is 3. The van der Waals surface area contributed by atoms with Crippen molar-refractivity contribution in [3.05, 3.63) is 12.7 Å². The Morgan fingerprint density at radius 3 is 2.83 bits per heavy atom. The van der Waals surface area contributed by atoms with Gasteiger partial charge in [-0.3, -0.25) is 0 Å². The molecule has 1 N–H and O–H groups in total. The topological polar surface area (TPSA) is 30.5 Å². The second-order valence-electron chi connectivity index (χ2n) is 2.45. The molecule has 3 heteroatoms. The monoisotopic (exact) mass is 173 g/mol. The van der Waals surface area contributed by atoms with Gasteiger partial charge in [-0.05, 0) is 13.0 Å². The van der Waals surface area contributed by atoms with E-state index in [0.29, 0.717) is 13.2 Å². The number of methoxy groups -OCH3 is 1. The van der Waals surface area contributed by atoms with E-state index in [-0.39, 0.29) is 0 Å². The van der Waals surface area contributed by atoms with Crippen LogP contribution in [0.25, 0.3) is 0 Å². The Labute approximate surface area is 74.7 Å². The van der Waals surface area contributed by atoms with Crippen LogP contribution in [0.1, 0.15) is 6.42 Å². The highest BCUT2D eigenvalue weighted by atomic mass is 16.5. The maximum Gasteiger partial charge on any atom is 0.0700 e. The van der Waals surface area contributed by atoms with Gasteiger partial charge >= 0.3 is 0 Å². The second-order valence-corrected chi connectivity index (χ2v) is 2.45. The van der Waals surface area contributed by atoms with Gasteiger partial charge in [0.2, 0.25) is 0 Å². The molecule has 0 bridgehead atoms. The van der Waals surface area contributed by atoms with Gasteiger partial charge in [0.15, 0.2) is 0 Å². The van der Waals surface area contributed by atoms with Gasteiger partial charge in [-0.25, -0.2) is 0 Å². The third kappa shape index (κ3) is 9.62. The van der Waals surface area contributed by atoms with E-state index in [1.54, 1.807) is 7.11 Å². The summed E-state index contributed by atoms with van der Waals surface area (Å²) in [5.41, 5.74) is 0. The summed E-state index contributed by atoms with van der Waals surface area (Å²) in [6, 6.07) is 0. The lowest BCUT2D eigenvalue weighted by molar-refractivity contribution is 0.0696. The Hall–Kier alpha value is -0.380. The van der Waals surface area contributed by atoms with Crippen molar-refractivity contribution in [2.24, 2.45) is 0 Å². The van der Waals surface area contributed by atoms with E-state index in [2.05, 4.69) is 11.9 Å². The van der Waals surface area contributed by atoms with Crippen molar-refractivity contribution in [2.75, 3.05) is 40.0 Å². The third-order valence-electron chi connectivity index (χ3n) is 1.36. The first-order valence-electron chi connectivity index (χ1n) is 4.30. The van der Waals surface area contributed by atoms with E-state index in [1.807, 2.05) is 6.08 Å². The fourth-order valence-electron chi connectivity index (χ4n) is 0.748. The van der Waals surface area contributed by atoms with Crippen molar-refractivity contribution in [1.82, 2.24) is 5.32 Å². The first kappa shape index (κ1) is 11.6. The molecule has 12 heavy (non-hydrogen) atoms. The van der Waals surface area contributed by atoms with Gasteiger partial charge in [0.25, 0.3) is 0 Å². The van der Waals surface area contributed by atoms with E-state index in [0.717, 1.165) is 26.1 Å². The molecule has 0 rings (SSSR count). The molecule has 3 nitrogen and oxygen atoms in total. The zero-order valence-corrected chi connectivity index (χ0v) is 7.84. The summed E-state index contributed by atoms with van der Waals surface area (Å²) < 4.78 is 10.1. The van der Waals surface area contributed by atoms with Crippen LogP contribution in [0.5, 0.6) is 0 Å². The summed E-state index contributed by atoms with van der Waals surface area (Å²) in [6.07, 6.45) is 2.89. The molecule has 0 aliphatic heterocycles. The molecule has 0 radical (unpaired) electrons. The van der Waals surface area contributed by atoms with Crippen LogP contribution in [-0.2, 0) is 9.47 Å². The van der Waals surface area contributed by atoms with Crippen molar-refractivity contribution >= 4 is 0 Å². The lowest BCUT2D eigenvalue weighted by atomic mass is 10.4. The largest absolute Gasteiger partial charge is 0.382 e. The van der Waals surface area contributed by atoms with Crippen molar-refractivity contribution < 1.29 is 9.47 Å². The van der Waals surface area contributed by atoms with Crippen molar-refractivity contribution in [2.45, 2.75) is 6.42 Å². The van der Waals surface area contributed by atoms with Crippen LogP contribution in [0.4, 0.5) is 0 Å². The molecule has 0 aliphatic carbocycles. The fraction of sp³-hybridized carbons (Fsp3) is 0.778. The summed E-state index contributed by atoms with van der Waals surface area (Å²) in [6.45, 7) is 7.64. The minimum absolute atomic E-state index is 0.681. The predicted octanol–water partition coefficient (Wildman–Crippen LogP) is 0.815. The molecule has 0 heterocycles. The van der Waals surface area contributed by atoms with Crippen LogP contribution in [0, 0.1) is 0 Å². The van der Waals surface area contributed by atoms with Gasteiger partial charge in [-0.1, -0.05) is 6.08 Å². The SMILES string of the molecule is C=CCNCCCOCCOC. The Balaban J connectivity index is 2.77. The third-order valence-corrected chi connectivity index (χ3v) is 1.36. The molecule has 0 aromatic carbocycles. The minimum Gasteiger partial charge on any atom is -0.382 e. The van der Waals surface area contributed by atoms with E-state index in [9.17, 15) is 0 Å². The van der Waals surface area contributed by atoms with Gasteiger partial charge < -0.3 is 14.8 Å². The van der Waals surface area contributed by atoms with Gasteiger partial charge in [0.05, 0.1) is 13.2 Å². The van der Waals surface area contributed by atoms with Crippen LogP contribution in [-0.4, -0.2) is 40.0 Å². The first-order chi connectivity index (χ1) is 5.91. The fourth-order valence-corrected chi connectivity index (χ4v) is 0.748. The van der Waals surface area contributed by atoms with Gasteiger partial charge in [0, 0.05) is 20.3 Å². The molecule has 0 unspecified atom stereocenters. The number of nitrogens with one attached hydrogen (secondary N) is 1. The normalized spacial score (nSPS) is 10.1. The molecule has 0 saturated heterocycles. The zero-order chi connectivity index (χ0) is 9.07. The molecule has 0 fully saturated rings. The molecule has 0 atom stereocenters. The standard InChI is InChI=1S/C9H19NO2/c1-3-5-10-6-4-7-12-9-8-11-2/h3,10H,1,4-9H2,2H3. The molecule has 0 aliphatic rings. The summed E-state index contributed by atoms with van der Waals surface area (Å²) in [7, 11) is 1.68. The maximum absolute atomic E-state index is 5.26. The first-order valence-corrected chi connectivity index (χ1v) is 4.30. The Kier molecular flexibility index (Phi) is 10.3. The molecular weight excluding hydrogens is 154 g/mol. The highest BCUT2D eigenvalue weighted by Crippen LogP contribution is 1.81. The van der Waals surface area contributed by atoms with Crippen LogP contribution in [0.2, 0.25) is 0 Å². The molecule has 0 aromatic rings. The van der Waals surface area contributed by atoms with E-state index in [1.165, 1.54) is 0 Å². The average Bonchev–Trinajstić information content (AvgIpc) is 2.10. The second kappa shape index (κ2) is 10.6. The average molecular weight is 173 g/mol. The van der Waals surface area contributed by atoms with Gasteiger partial charge in [0.1, 0.15) is 0 Å². The molecule has 0 amide bonds. The quantitative estimate of drug-likeness (QED) is 0.413. The Morgan fingerprint density at radius 1 is 1.33 bits per heavy atom. The van der Waals surface area contributed by atoms with Crippen molar-refractivity contribution in [1.29, 1.82) is 0 Å². The Morgan fingerprint density at radius 2 is 2.17 bits per heavy atom. The number of hydrogen-bond donors (Lipinski definition) is 1. The van der Waals surface area contributed by atoms with Crippen LogP contribution in [0.3, 0.4) is 0 Å². The van der Waals surface area contributed by atoms with Gasteiger partial charge in [-0.2, -0.15) is 0 Å². The predicted molar refractivity (Wildman–Crippen MR) is 50.4 cm³/mol. The van der Waals surface area contributed by atoms with Gasteiger partial charge in [-0.15, -0.1) is 6.58 Å². The van der Waals surface area contributed by atoms with Crippen LogP contribution < -0.4 is 5.32 Å². The van der Waals surface area contributed by atoms with E-state index >= 15 is 0 Å². The summed E-state index contributed by atoms with van der Waals surface area (Å²) in [5.74, 6) is 0. The molecule has 0 aromatic heterocycles. The minimum atomic E-state index is 0.681. The molecule has 0 saturated carbocycles. The number of rotatable bonds is 9. The van der Waals surface area contributed by atoms with E-state index < -0.39 is 0 Å². The molecular formula is C9H19NO2. The van der Waals surface area contributed by atoms with Crippen LogP contribution in [0.15, 0.2) is 12.7 Å². The van der Waals surface area contributed by atoms with E-state index in [4.69, 9.17) is 9.47 Å². The van der Waals surface area contributed by atoms with Crippen LogP contribution >= 0.6 is 0 Å². The summed E-state index contributed by atoms with van der Waals surface area (Å²) >= 11 is 0. The summed E-state index contributed by atoms with van der Waals surface area (Å²) in [4.78, 5) is 0. The smallest absolute Gasteiger partial charge is 0.0700 e. The highest BCUT2D eigenvalue weighted by Gasteiger charge is 1.87. The van der Waals surface area contributed by atoms with Crippen molar-refractivity contribution in [3.8, 4) is 0 Å². The zero-order valence-electron chi connectivity index (χ0n) is 7.84.